The summed E-state index contributed by atoms with van der Waals surface area (Å²) in [5, 5.41) is 0. The van der Waals surface area contributed by atoms with Gasteiger partial charge >= 0.3 is 0 Å². The third kappa shape index (κ3) is 6.79. The van der Waals surface area contributed by atoms with Gasteiger partial charge in [0.2, 0.25) is 0 Å². The number of rotatable bonds is 15. The fraction of sp³-hybridized carbons (Fsp3) is 1.00. The molecule has 1 unspecified atom stereocenters. The second kappa shape index (κ2) is 12.4. The van der Waals surface area contributed by atoms with Crippen molar-refractivity contribution >= 4 is 0 Å². The van der Waals surface area contributed by atoms with Crippen LogP contribution < -0.4 is 0 Å². The monoisotopic (exact) mass is 324 g/mol. The van der Waals surface area contributed by atoms with Crippen molar-refractivity contribution in [2.45, 2.75) is 132 Å². The van der Waals surface area contributed by atoms with Gasteiger partial charge in [-0.3, -0.25) is 0 Å². The van der Waals surface area contributed by atoms with Crippen LogP contribution in [0.4, 0.5) is 0 Å². The van der Waals surface area contributed by atoms with Crippen molar-refractivity contribution in [3.05, 3.63) is 0 Å². The van der Waals surface area contributed by atoms with Gasteiger partial charge in [-0.1, -0.05) is 99.8 Å². The maximum absolute atomic E-state index is 2.68. The molecule has 0 amide bonds. The molecule has 0 aliphatic heterocycles. The lowest BCUT2D eigenvalue weighted by atomic mass is 9.52. The molecule has 0 heteroatoms. The Balaban J connectivity index is 5.55. The van der Waals surface area contributed by atoms with Crippen molar-refractivity contribution in [2.24, 2.45) is 16.7 Å². The Morgan fingerprint density at radius 2 is 1.00 bits per heavy atom. The molecule has 0 aromatic carbocycles. The van der Waals surface area contributed by atoms with E-state index in [1.54, 1.807) is 0 Å². The van der Waals surface area contributed by atoms with Gasteiger partial charge in [0.25, 0.3) is 0 Å². The molecule has 0 saturated heterocycles. The first-order valence-corrected chi connectivity index (χ1v) is 11.0. The fourth-order valence-electron chi connectivity index (χ4n) is 5.02. The van der Waals surface area contributed by atoms with Gasteiger partial charge in [-0.05, 0) is 48.9 Å². The molecule has 23 heavy (non-hydrogen) atoms. The van der Waals surface area contributed by atoms with Gasteiger partial charge < -0.3 is 0 Å². The van der Waals surface area contributed by atoms with E-state index in [2.05, 4.69) is 48.5 Å². The Morgan fingerprint density at radius 1 is 0.565 bits per heavy atom. The zero-order valence-electron chi connectivity index (χ0n) is 17.8. The Bertz CT molecular complexity index is 253. The van der Waals surface area contributed by atoms with Crippen LogP contribution in [-0.4, -0.2) is 0 Å². The first-order chi connectivity index (χ1) is 11.0. The Morgan fingerprint density at radius 3 is 1.35 bits per heavy atom. The van der Waals surface area contributed by atoms with Crippen molar-refractivity contribution in [2.75, 3.05) is 0 Å². The largest absolute Gasteiger partial charge is 0.0654 e. The SMILES string of the molecule is CCCCC(CCCC)C(C)(CCCC)C(C)(CCC)CCC. The minimum Gasteiger partial charge on any atom is -0.0654 e. The Kier molecular flexibility index (Phi) is 12.4. The highest BCUT2D eigenvalue weighted by Gasteiger charge is 2.46. The average molecular weight is 325 g/mol. The molecule has 0 N–H and O–H groups in total. The molecular formula is C23H48. The molecule has 0 aromatic rings. The molecule has 0 aliphatic rings. The maximum atomic E-state index is 2.68. The van der Waals surface area contributed by atoms with Crippen LogP contribution in [0.25, 0.3) is 0 Å². The summed E-state index contributed by atoms with van der Waals surface area (Å²) in [4.78, 5) is 0. The van der Waals surface area contributed by atoms with E-state index in [9.17, 15) is 0 Å². The first kappa shape index (κ1) is 23.0. The van der Waals surface area contributed by atoms with E-state index in [0.717, 1.165) is 5.92 Å². The minimum absolute atomic E-state index is 0.526. The average Bonchev–Trinajstić information content (AvgIpc) is 2.53. The molecule has 0 radical (unpaired) electrons. The van der Waals surface area contributed by atoms with Crippen LogP contribution in [0.3, 0.4) is 0 Å². The second-order valence-electron chi connectivity index (χ2n) is 8.56. The highest BCUT2D eigenvalue weighted by molar-refractivity contribution is 4.96. The van der Waals surface area contributed by atoms with Crippen LogP contribution in [-0.2, 0) is 0 Å². The quantitative estimate of drug-likeness (QED) is 0.282. The van der Waals surface area contributed by atoms with E-state index >= 15 is 0 Å². The van der Waals surface area contributed by atoms with Crippen molar-refractivity contribution in [3.63, 3.8) is 0 Å². The lowest BCUT2D eigenvalue weighted by Crippen LogP contribution is -2.43. The summed E-state index contributed by atoms with van der Waals surface area (Å²) in [6.45, 7) is 17.2. The summed E-state index contributed by atoms with van der Waals surface area (Å²) >= 11 is 0. The lowest BCUT2D eigenvalue weighted by molar-refractivity contribution is -0.0290. The molecule has 0 rings (SSSR count). The van der Waals surface area contributed by atoms with Gasteiger partial charge in [-0.2, -0.15) is 0 Å². The normalized spacial score (nSPS) is 15.1. The van der Waals surface area contributed by atoms with Crippen LogP contribution in [0.5, 0.6) is 0 Å². The topological polar surface area (TPSA) is 0 Å². The summed E-state index contributed by atoms with van der Waals surface area (Å²) in [6.07, 6.45) is 18.2. The molecule has 0 spiro atoms. The predicted molar refractivity (Wildman–Crippen MR) is 108 cm³/mol. The first-order valence-electron chi connectivity index (χ1n) is 11.0. The van der Waals surface area contributed by atoms with E-state index in [1.165, 1.54) is 83.5 Å². The summed E-state index contributed by atoms with van der Waals surface area (Å²) < 4.78 is 0. The van der Waals surface area contributed by atoms with E-state index in [1.807, 2.05) is 0 Å². The molecule has 1 atom stereocenters. The predicted octanol–water partition coefficient (Wildman–Crippen LogP) is 8.79. The standard InChI is InChI=1S/C23H48/c1-8-13-16-21(17-14-9-2)23(7,20-15-10-3)22(6,18-11-4)19-12-5/h21H,8-20H2,1-7H3. The van der Waals surface area contributed by atoms with Crippen molar-refractivity contribution in [1.29, 1.82) is 0 Å². The van der Waals surface area contributed by atoms with Crippen molar-refractivity contribution in [3.8, 4) is 0 Å². The third-order valence-electron chi connectivity index (χ3n) is 6.75. The molecule has 0 fully saturated rings. The van der Waals surface area contributed by atoms with Gasteiger partial charge in [0.1, 0.15) is 0 Å². The van der Waals surface area contributed by atoms with Crippen LogP contribution in [0, 0.1) is 16.7 Å². The van der Waals surface area contributed by atoms with E-state index < -0.39 is 0 Å². The maximum Gasteiger partial charge on any atom is -0.0244 e. The minimum atomic E-state index is 0.526. The van der Waals surface area contributed by atoms with Gasteiger partial charge in [0.05, 0.1) is 0 Å². The fourth-order valence-corrected chi connectivity index (χ4v) is 5.02. The highest BCUT2D eigenvalue weighted by atomic mass is 14.5. The molecule has 0 heterocycles. The highest BCUT2D eigenvalue weighted by Crippen LogP contribution is 2.56. The number of unbranched alkanes of at least 4 members (excludes halogenated alkanes) is 3. The molecular weight excluding hydrogens is 276 g/mol. The smallest absolute Gasteiger partial charge is 0.0244 e. The van der Waals surface area contributed by atoms with E-state index in [-0.39, 0.29) is 0 Å². The van der Waals surface area contributed by atoms with Crippen molar-refractivity contribution < 1.29 is 0 Å². The van der Waals surface area contributed by atoms with Gasteiger partial charge in [-0.25, -0.2) is 0 Å². The molecule has 0 saturated carbocycles. The van der Waals surface area contributed by atoms with Gasteiger partial charge in [-0.15, -0.1) is 0 Å². The van der Waals surface area contributed by atoms with Crippen LogP contribution in [0.15, 0.2) is 0 Å². The molecule has 0 aromatic heterocycles. The Labute approximate surface area is 149 Å². The zero-order valence-corrected chi connectivity index (χ0v) is 17.8. The van der Waals surface area contributed by atoms with Gasteiger partial charge in [0.15, 0.2) is 0 Å². The second-order valence-corrected chi connectivity index (χ2v) is 8.56. The van der Waals surface area contributed by atoms with E-state index in [4.69, 9.17) is 0 Å². The zero-order chi connectivity index (χ0) is 17.8. The lowest BCUT2D eigenvalue weighted by Gasteiger charge is -2.53. The Hall–Kier alpha value is 0. The summed E-state index contributed by atoms with van der Waals surface area (Å²) in [6, 6.07) is 0. The molecule has 0 nitrogen and oxygen atoms in total. The third-order valence-corrected chi connectivity index (χ3v) is 6.75. The van der Waals surface area contributed by atoms with Crippen LogP contribution in [0.2, 0.25) is 0 Å². The molecule has 0 aliphatic carbocycles. The number of hydrogen-bond acceptors (Lipinski definition) is 0. The van der Waals surface area contributed by atoms with Gasteiger partial charge in [0, 0.05) is 0 Å². The summed E-state index contributed by atoms with van der Waals surface area (Å²) in [5.41, 5.74) is 1.05. The summed E-state index contributed by atoms with van der Waals surface area (Å²) in [7, 11) is 0. The number of hydrogen-bond donors (Lipinski definition) is 0. The molecule has 140 valence electrons. The van der Waals surface area contributed by atoms with Crippen molar-refractivity contribution in [1.82, 2.24) is 0 Å². The summed E-state index contributed by atoms with van der Waals surface area (Å²) in [5.74, 6) is 0.928. The van der Waals surface area contributed by atoms with Crippen LogP contribution >= 0.6 is 0 Å². The van der Waals surface area contributed by atoms with E-state index in [0.29, 0.717) is 10.8 Å². The molecule has 0 bridgehead atoms. The van der Waals surface area contributed by atoms with Crippen LogP contribution in [0.1, 0.15) is 132 Å².